The van der Waals surface area contributed by atoms with Crippen molar-refractivity contribution in [2.24, 2.45) is 0 Å². The van der Waals surface area contributed by atoms with Crippen molar-refractivity contribution < 1.29 is 4.74 Å². The summed E-state index contributed by atoms with van der Waals surface area (Å²) in [6.45, 7) is 5.47. The highest BCUT2D eigenvalue weighted by molar-refractivity contribution is 6.34. The van der Waals surface area contributed by atoms with Gasteiger partial charge in [-0.2, -0.15) is 20.7 Å². The quantitative estimate of drug-likeness (QED) is 0.356. The number of ether oxygens (including phenoxy) is 1. The zero-order valence-corrected chi connectivity index (χ0v) is 20.3. The van der Waals surface area contributed by atoms with Crippen LogP contribution in [0.3, 0.4) is 0 Å². The normalized spacial score (nSPS) is 15.1. The highest BCUT2D eigenvalue weighted by Crippen LogP contribution is 2.37. The number of aromatic nitrogens is 4. The molecule has 35 heavy (non-hydrogen) atoms. The van der Waals surface area contributed by atoms with Crippen LogP contribution in [0.2, 0.25) is 5.02 Å². The second-order valence-corrected chi connectivity index (χ2v) is 9.15. The number of hydrogen-bond donors (Lipinski definition) is 0. The summed E-state index contributed by atoms with van der Waals surface area (Å²) in [6.07, 6.45) is 9.02. The van der Waals surface area contributed by atoms with Gasteiger partial charge in [0.25, 0.3) is 0 Å². The molecular weight excluding hydrogens is 462 g/mol. The summed E-state index contributed by atoms with van der Waals surface area (Å²) >= 11 is 6.47. The predicted molar refractivity (Wildman–Crippen MR) is 132 cm³/mol. The van der Waals surface area contributed by atoms with Crippen molar-refractivity contribution in [2.45, 2.75) is 38.8 Å². The predicted octanol–water partition coefficient (Wildman–Crippen LogP) is 5.29. The van der Waals surface area contributed by atoms with Crippen LogP contribution >= 0.6 is 11.6 Å². The molecule has 0 spiro atoms. The van der Waals surface area contributed by atoms with E-state index in [9.17, 15) is 5.26 Å². The topological polar surface area (TPSA) is 95.2 Å². The molecule has 1 aliphatic heterocycles. The van der Waals surface area contributed by atoms with Gasteiger partial charge in [-0.1, -0.05) is 29.8 Å². The Balaban J connectivity index is 1.51. The Morgan fingerprint density at radius 1 is 1.14 bits per heavy atom. The SMILES string of the molecule is Cc1c(-c2cc(OC(C)c3ccccc3C#N)c3c(Cl)cnn3c2)cnn1C1CCN(C#N)CC1. The summed E-state index contributed by atoms with van der Waals surface area (Å²) < 4.78 is 10.2. The van der Waals surface area contributed by atoms with E-state index >= 15 is 0 Å². The van der Waals surface area contributed by atoms with E-state index in [1.165, 1.54) is 0 Å². The number of nitrogens with zero attached hydrogens (tertiary/aromatic N) is 7. The molecule has 0 bridgehead atoms. The van der Waals surface area contributed by atoms with E-state index in [-0.39, 0.29) is 12.1 Å². The Kier molecular flexibility index (Phi) is 6.07. The Labute approximate surface area is 208 Å². The maximum atomic E-state index is 9.51. The van der Waals surface area contributed by atoms with E-state index in [2.05, 4.69) is 29.0 Å². The third-order valence-corrected chi connectivity index (χ3v) is 6.94. The van der Waals surface area contributed by atoms with Crippen LogP contribution in [0, 0.1) is 29.7 Å². The fraction of sp³-hybridized carbons (Fsp3) is 0.308. The lowest BCUT2D eigenvalue weighted by molar-refractivity contribution is 0.228. The molecule has 5 rings (SSSR count). The molecule has 0 radical (unpaired) electrons. The van der Waals surface area contributed by atoms with Crippen molar-refractivity contribution in [3.63, 3.8) is 0 Å². The van der Waals surface area contributed by atoms with Crippen LogP contribution < -0.4 is 4.74 Å². The Morgan fingerprint density at radius 2 is 1.91 bits per heavy atom. The van der Waals surface area contributed by atoms with Gasteiger partial charge in [-0.25, -0.2) is 4.52 Å². The number of hydrogen-bond acceptors (Lipinski definition) is 6. The van der Waals surface area contributed by atoms with E-state index in [1.54, 1.807) is 21.7 Å². The number of pyridine rings is 1. The summed E-state index contributed by atoms with van der Waals surface area (Å²) in [7, 11) is 0. The van der Waals surface area contributed by atoms with E-state index in [0.29, 0.717) is 21.9 Å². The third-order valence-electron chi connectivity index (χ3n) is 6.66. The monoisotopic (exact) mass is 485 g/mol. The standard InChI is InChI=1S/C26H24ClN7O/c1-17-23(13-31-34(17)21-7-9-32(16-29)10-8-21)20-11-25(26-24(27)14-30-33(26)15-20)35-18(2)22-6-4-3-5-19(22)12-28/h3-6,11,13-15,18,21H,7-10H2,1-2H3. The molecule has 1 unspecified atom stereocenters. The van der Waals surface area contributed by atoms with Crippen molar-refractivity contribution in [2.75, 3.05) is 13.1 Å². The summed E-state index contributed by atoms with van der Waals surface area (Å²) in [4.78, 5) is 1.79. The molecule has 1 aromatic carbocycles. The van der Waals surface area contributed by atoms with Gasteiger partial charge < -0.3 is 9.64 Å². The van der Waals surface area contributed by atoms with Gasteiger partial charge in [0, 0.05) is 41.7 Å². The Hall–Kier alpha value is -4.01. The van der Waals surface area contributed by atoms with Gasteiger partial charge in [0.05, 0.1) is 35.1 Å². The summed E-state index contributed by atoms with van der Waals surface area (Å²) in [5, 5.41) is 28.2. The van der Waals surface area contributed by atoms with Crippen molar-refractivity contribution in [1.82, 2.24) is 24.3 Å². The Morgan fingerprint density at radius 3 is 2.66 bits per heavy atom. The molecule has 0 aliphatic carbocycles. The van der Waals surface area contributed by atoms with Gasteiger partial charge in [0.2, 0.25) is 0 Å². The molecule has 1 fully saturated rings. The van der Waals surface area contributed by atoms with Gasteiger partial charge in [0.15, 0.2) is 6.19 Å². The lowest BCUT2D eigenvalue weighted by Crippen LogP contribution is -2.31. The average molecular weight is 486 g/mol. The van der Waals surface area contributed by atoms with E-state index < -0.39 is 0 Å². The van der Waals surface area contributed by atoms with Crippen LogP contribution in [0.5, 0.6) is 5.75 Å². The minimum Gasteiger partial charge on any atom is -0.484 e. The summed E-state index contributed by atoms with van der Waals surface area (Å²) in [6, 6.07) is 11.9. The smallest absolute Gasteiger partial charge is 0.179 e. The molecule has 1 saturated heterocycles. The van der Waals surface area contributed by atoms with Crippen molar-refractivity contribution in [1.29, 1.82) is 10.5 Å². The van der Waals surface area contributed by atoms with Crippen molar-refractivity contribution >= 4 is 17.1 Å². The first-order chi connectivity index (χ1) is 17.0. The highest BCUT2D eigenvalue weighted by Gasteiger charge is 2.24. The van der Waals surface area contributed by atoms with Crippen LogP contribution in [0.25, 0.3) is 16.6 Å². The molecule has 0 N–H and O–H groups in total. The first-order valence-electron chi connectivity index (χ1n) is 11.5. The van der Waals surface area contributed by atoms with Crippen LogP contribution in [0.4, 0.5) is 0 Å². The van der Waals surface area contributed by atoms with Gasteiger partial charge in [0.1, 0.15) is 17.4 Å². The number of rotatable bonds is 5. The van der Waals surface area contributed by atoms with Crippen molar-refractivity contribution in [3.05, 3.63) is 70.8 Å². The number of halogens is 1. The second kappa shape index (κ2) is 9.32. The zero-order chi connectivity index (χ0) is 24.5. The van der Waals surface area contributed by atoms with Crippen LogP contribution in [0.15, 0.2) is 48.9 Å². The third kappa shape index (κ3) is 4.18. The maximum Gasteiger partial charge on any atom is 0.179 e. The first-order valence-corrected chi connectivity index (χ1v) is 11.9. The van der Waals surface area contributed by atoms with Crippen LogP contribution in [-0.4, -0.2) is 37.4 Å². The fourth-order valence-electron chi connectivity index (χ4n) is 4.78. The molecule has 0 amide bonds. The van der Waals surface area contributed by atoms with Crippen LogP contribution in [0.1, 0.15) is 48.7 Å². The number of benzene rings is 1. The zero-order valence-electron chi connectivity index (χ0n) is 19.5. The maximum absolute atomic E-state index is 9.51. The largest absolute Gasteiger partial charge is 0.484 e. The van der Waals surface area contributed by atoms with Gasteiger partial charge in [-0.15, -0.1) is 0 Å². The number of fused-ring (bicyclic) bond motifs is 1. The molecule has 1 aliphatic rings. The van der Waals surface area contributed by atoms with Gasteiger partial charge in [-0.05, 0) is 38.8 Å². The van der Waals surface area contributed by atoms with Gasteiger partial charge in [-0.3, -0.25) is 4.68 Å². The van der Waals surface area contributed by atoms with Gasteiger partial charge >= 0.3 is 0 Å². The summed E-state index contributed by atoms with van der Waals surface area (Å²) in [5.41, 5.74) is 4.99. The Bertz CT molecular complexity index is 1470. The molecule has 0 saturated carbocycles. The molecule has 176 valence electrons. The average Bonchev–Trinajstić information content (AvgIpc) is 3.46. The number of likely N-dealkylation sites (tertiary alicyclic amines) is 1. The van der Waals surface area contributed by atoms with Crippen molar-refractivity contribution in [3.8, 4) is 29.1 Å². The first kappa shape index (κ1) is 22.8. The molecule has 9 heteroatoms. The highest BCUT2D eigenvalue weighted by atomic mass is 35.5. The lowest BCUT2D eigenvalue weighted by Gasteiger charge is -2.29. The van der Waals surface area contributed by atoms with Crippen LogP contribution in [-0.2, 0) is 0 Å². The van der Waals surface area contributed by atoms with E-state index in [4.69, 9.17) is 26.7 Å². The molecule has 3 aromatic heterocycles. The molecule has 8 nitrogen and oxygen atoms in total. The lowest BCUT2D eigenvalue weighted by atomic mass is 10.0. The second-order valence-electron chi connectivity index (χ2n) is 8.74. The van der Waals surface area contributed by atoms with E-state index in [0.717, 1.165) is 48.3 Å². The van der Waals surface area contributed by atoms with E-state index in [1.807, 2.05) is 43.6 Å². The molecule has 1 atom stereocenters. The molecular formula is C26H24ClN7O. The number of nitriles is 2. The fourth-order valence-corrected chi connectivity index (χ4v) is 5.00. The number of piperidine rings is 1. The minimum absolute atomic E-state index is 0.259. The molecule has 4 aromatic rings. The molecule has 4 heterocycles. The minimum atomic E-state index is -0.370. The summed E-state index contributed by atoms with van der Waals surface area (Å²) in [5.74, 6) is 0.583.